The first-order valence-corrected chi connectivity index (χ1v) is 18.5. The van der Waals surface area contributed by atoms with Gasteiger partial charge < -0.3 is 39.0 Å². The second kappa shape index (κ2) is 18.0. The molecule has 2 heterocycles. The molecule has 51 heavy (non-hydrogen) atoms. The number of hydrogen-bond acceptors (Lipinski definition) is 11. The number of ether oxygens (including phenoxy) is 4. The van der Waals surface area contributed by atoms with Gasteiger partial charge in [-0.15, -0.1) is 0 Å². The lowest BCUT2D eigenvalue weighted by molar-refractivity contribution is -0.176. The molecule has 1 saturated heterocycles. The van der Waals surface area contributed by atoms with Crippen molar-refractivity contribution in [1.82, 2.24) is 10.2 Å². The molecule has 0 radical (unpaired) electrons. The molecule has 4 bridgehead atoms. The van der Waals surface area contributed by atoms with Crippen LogP contribution < -0.4 is 15.0 Å². The van der Waals surface area contributed by atoms with Gasteiger partial charge in [0, 0.05) is 39.8 Å². The van der Waals surface area contributed by atoms with Gasteiger partial charge in [0.2, 0.25) is 11.8 Å². The number of fused-ring (bicyclic) bond motifs is 4. The molecular weight excluding hydrogens is 702 g/mol. The minimum atomic E-state index is -1.87. The van der Waals surface area contributed by atoms with Crippen molar-refractivity contribution in [2.75, 3.05) is 45.2 Å². The fourth-order valence-electron chi connectivity index (χ4n) is 6.23. The highest BCUT2D eigenvalue weighted by Crippen LogP contribution is 2.38. The number of rotatable bonds is 8. The first kappa shape index (κ1) is 42.1. The molecule has 0 aromatic heterocycles. The number of amides is 3. The number of alkyl carbamates (subject to hydrolysis) is 1. The largest absolute Gasteiger partial charge is 0.495 e. The van der Waals surface area contributed by atoms with Gasteiger partial charge in [-0.3, -0.25) is 14.9 Å². The predicted molar refractivity (Wildman–Crippen MR) is 196 cm³/mol. The van der Waals surface area contributed by atoms with E-state index in [0.29, 0.717) is 23.6 Å². The van der Waals surface area contributed by atoms with Crippen LogP contribution in [0.2, 0.25) is 5.02 Å². The molecular formula is C36H52ClN3O10S. The smallest absolute Gasteiger partial charge is 0.409 e. The van der Waals surface area contributed by atoms with Crippen molar-refractivity contribution in [3.05, 3.63) is 46.5 Å². The van der Waals surface area contributed by atoms with E-state index in [0.717, 1.165) is 11.1 Å². The highest BCUT2D eigenvalue weighted by atomic mass is 35.5. The van der Waals surface area contributed by atoms with Crippen molar-refractivity contribution >= 4 is 52.9 Å². The van der Waals surface area contributed by atoms with Crippen molar-refractivity contribution in [1.29, 1.82) is 0 Å². The standard InChI is InChI=1S/C36H52ClN3O10S/c1-21-11-10-12-28(48-8)36(46)20-27(49-34(44)38-36)22(2)19-35(4,45)29(50-33(43)23(3)39(5)30(41)13-14-51-9)18-31(42)40(6)25-16-24(15-21)17-26(47-7)32(25)37/h10-12,16-17,22-23,27-29,45-46H,13-15,18-20H2,1-9H3,(H,38,44)/b12-10+,21-11+/t22-,23-,27-,28+,29-,35?,36-/m0/s1. The van der Waals surface area contributed by atoms with E-state index in [9.17, 15) is 29.4 Å². The predicted octanol–water partition coefficient (Wildman–Crippen LogP) is 4.25. The van der Waals surface area contributed by atoms with Crippen LogP contribution in [0.25, 0.3) is 0 Å². The molecule has 1 aromatic rings. The molecule has 3 rings (SSSR count). The lowest BCUT2D eigenvalue weighted by Gasteiger charge is -2.43. The van der Waals surface area contributed by atoms with E-state index in [4.69, 9.17) is 30.5 Å². The monoisotopic (exact) mass is 753 g/mol. The van der Waals surface area contributed by atoms with Gasteiger partial charge in [0.05, 0.1) is 24.8 Å². The van der Waals surface area contributed by atoms with Crippen molar-refractivity contribution in [3.63, 3.8) is 0 Å². The van der Waals surface area contributed by atoms with Crippen LogP contribution in [0.15, 0.2) is 35.9 Å². The molecule has 284 valence electrons. The first-order chi connectivity index (χ1) is 23.9. The number of thioether (sulfide) groups is 1. The summed E-state index contributed by atoms with van der Waals surface area (Å²) in [5.41, 5.74) is -1.69. The number of allylic oxidation sites excluding steroid dienone is 3. The number of benzene rings is 1. The van der Waals surface area contributed by atoms with E-state index in [1.165, 1.54) is 63.7 Å². The highest BCUT2D eigenvalue weighted by molar-refractivity contribution is 7.98. The zero-order chi connectivity index (χ0) is 38.3. The van der Waals surface area contributed by atoms with Crippen LogP contribution >= 0.6 is 23.4 Å². The van der Waals surface area contributed by atoms with E-state index in [2.05, 4.69) is 5.32 Å². The van der Waals surface area contributed by atoms with Gasteiger partial charge in [-0.1, -0.05) is 42.3 Å². The molecule has 0 aliphatic carbocycles. The summed E-state index contributed by atoms with van der Waals surface area (Å²) in [4.78, 5) is 55.6. The van der Waals surface area contributed by atoms with E-state index in [1.54, 1.807) is 31.2 Å². The van der Waals surface area contributed by atoms with Crippen molar-refractivity contribution < 1.29 is 48.3 Å². The third-order valence-electron chi connectivity index (χ3n) is 9.52. The number of nitrogens with zero attached hydrogens (tertiary/aromatic N) is 2. The minimum Gasteiger partial charge on any atom is -0.495 e. The Morgan fingerprint density at radius 2 is 1.92 bits per heavy atom. The lowest BCUT2D eigenvalue weighted by Crippen LogP contribution is -2.63. The number of aliphatic hydroxyl groups is 2. The van der Waals surface area contributed by atoms with Gasteiger partial charge in [0.25, 0.3) is 0 Å². The lowest BCUT2D eigenvalue weighted by atomic mass is 9.81. The maximum Gasteiger partial charge on any atom is 0.409 e. The SMILES string of the molecule is COc1cc2cc(c1Cl)N(C)C(=O)C[C@H](OC(=O)[C@H](C)N(C)C(=O)CCSC)C(C)(O)C[C@H](C)[C@@H]1C[C@@](O)(NC(=O)O1)[C@H](OC)/C=C/C=C(\C)C2. The first-order valence-electron chi connectivity index (χ1n) is 16.8. The van der Waals surface area contributed by atoms with Crippen molar-refractivity contribution in [3.8, 4) is 5.75 Å². The molecule has 2 aliphatic heterocycles. The molecule has 3 N–H and O–H groups in total. The van der Waals surface area contributed by atoms with Crippen LogP contribution in [0.3, 0.4) is 0 Å². The van der Waals surface area contributed by atoms with Crippen LogP contribution in [0.4, 0.5) is 10.5 Å². The number of carbonyl (C=O) groups excluding carboxylic acids is 4. The summed E-state index contributed by atoms with van der Waals surface area (Å²) in [6, 6.07) is 2.50. The molecule has 13 nitrogen and oxygen atoms in total. The zero-order valence-electron chi connectivity index (χ0n) is 30.9. The summed E-state index contributed by atoms with van der Waals surface area (Å²) >= 11 is 8.21. The number of methoxy groups -OCH3 is 2. The molecule has 0 saturated carbocycles. The average molecular weight is 754 g/mol. The molecule has 1 unspecified atom stereocenters. The molecule has 2 aliphatic rings. The highest BCUT2D eigenvalue weighted by Gasteiger charge is 2.48. The molecule has 0 spiro atoms. The third kappa shape index (κ3) is 10.6. The topological polar surface area (TPSA) is 164 Å². The number of nitrogens with one attached hydrogen (secondary N) is 1. The number of halogens is 1. The van der Waals surface area contributed by atoms with Gasteiger partial charge in [-0.25, -0.2) is 9.59 Å². The number of likely N-dealkylation sites (N-methyl/N-ethyl adjacent to an activating group) is 1. The third-order valence-corrected chi connectivity index (χ3v) is 10.5. The van der Waals surface area contributed by atoms with Gasteiger partial charge in [-0.2, -0.15) is 11.8 Å². The van der Waals surface area contributed by atoms with Crippen LogP contribution in [-0.4, -0.2) is 115 Å². The van der Waals surface area contributed by atoms with E-state index in [1.807, 2.05) is 19.3 Å². The molecule has 1 aromatic carbocycles. The summed E-state index contributed by atoms with van der Waals surface area (Å²) < 4.78 is 22.6. The Bertz CT molecular complexity index is 1500. The van der Waals surface area contributed by atoms with Crippen molar-refractivity contribution in [2.24, 2.45) is 5.92 Å². The Kier molecular flexibility index (Phi) is 14.8. The van der Waals surface area contributed by atoms with Crippen LogP contribution in [-0.2, 0) is 35.0 Å². The van der Waals surface area contributed by atoms with Crippen LogP contribution in [0.1, 0.15) is 58.9 Å². The Hall–Kier alpha value is -3.30. The van der Waals surface area contributed by atoms with E-state index in [-0.39, 0.29) is 30.2 Å². The number of esters is 1. The second-order valence-electron chi connectivity index (χ2n) is 13.6. The van der Waals surface area contributed by atoms with Gasteiger partial charge in [0.15, 0.2) is 5.72 Å². The summed E-state index contributed by atoms with van der Waals surface area (Å²) in [5, 5.41) is 26.3. The summed E-state index contributed by atoms with van der Waals surface area (Å²) in [7, 11) is 5.90. The van der Waals surface area contributed by atoms with Gasteiger partial charge in [-0.05, 0) is 63.5 Å². The molecule has 7 atom stereocenters. The maximum absolute atomic E-state index is 14.0. The summed E-state index contributed by atoms with van der Waals surface area (Å²) in [6.07, 6.45) is 2.88. The maximum atomic E-state index is 14.0. The van der Waals surface area contributed by atoms with Crippen LogP contribution in [0.5, 0.6) is 5.75 Å². The normalized spacial score (nSPS) is 29.9. The fourth-order valence-corrected chi connectivity index (χ4v) is 6.92. The van der Waals surface area contributed by atoms with Gasteiger partial charge >= 0.3 is 12.1 Å². The van der Waals surface area contributed by atoms with Crippen molar-refractivity contribution in [2.45, 2.75) is 95.5 Å². The Morgan fingerprint density at radius 1 is 1.24 bits per heavy atom. The van der Waals surface area contributed by atoms with E-state index >= 15 is 0 Å². The molecule has 15 heteroatoms. The fraction of sp³-hybridized carbons (Fsp3) is 0.611. The Labute approximate surface area is 309 Å². The number of anilines is 1. The number of carbonyl (C=O) groups is 4. The number of hydrogen-bond donors (Lipinski definition) is 3. The zero-order valence-corrected chi connectivity index (χ0v) is 32.4. The van der Waals surface area contributed by atoms with Gasteiger partial charge in [0.1, 0.15) is 35.1 Å². The molecule has 1 fully saturated rings. The Balaban J connectivity index is 2.11. The average Bonchev–Trinajstić information content (AvgIpc) is 3.07. The second-order valence-corrected chi connectivity index (χ2v) is 15.0. The summed E-state index contributed by atoms with van der Waals surface area (Å²) in [5.74, 6) is -1.30. The Morgan fingerprint density at radius 3 is 2.55 bits per heavy atom. The van der Waals surface area contributed by atoms with E-state index < -0.39 is 66.0 Å². The minimum absolute atomic E-state index is 0.0994. The molecule has 3 amide bonds. The summed E-state index contributed by atoms with van der Waals surface area (Å²) in [6.45, 7) is 6.56. The van der Waals surface area contributed by atoms with Crippen LogP contribution in [0, 0.1) is 5.92 Å². The quantitative estimate of drug-likeness (QED) is 0.325.